The van der Waals surface area contributed by atoms with E-state index in [0.29, 0.717) is 18.5 Å². The van der Waals surface area contributed by atoms with E-state index in [4.69, 9.17) is 5.84 Å². The lowest BCUT2D eigenvalue weighted by atomic mass is 10.3. The van der Waals surface area contributed by atoms with Crippen LogP contribution >= 0.6 is 0 Å². The highest BCUT2D eigenvalue weighted by molar-refractivity contribution is 5.88. The van der Waals surface area contributed by atoms with Gasteiger partial charge in [-0.25, -0.2) is 10.8 Å². The maximum Gasteiger partial charge on any atom is 0.242 e. The van der Waals surface area contributed by atoms with Crippen molar-refractivity contribution in [1.29, 1.82) is 0 Å². The van der Waals surface area contributed by atoms with Crippen LogP contribution in [0.4, 0.5) is 0 Å². The molecule has 0 radical (unpaired) electrons. The standard InChI is InChI=1S/C12H25N5O/c1-3-8-14-11(18)9(2)15-12(17-13)16-10-6-4-5-7-10/h9-10H,3-8,13H2,1-2H3,(H,14,18)(H2,15,16,17). The minimum absolute atomic E-state index is 0.0359. The number of hydrazine groups is 1. The van der Waals surface area contributed by atoms with Crippen LogP contribution in [0.1, 0.15) is 46.0 Å². The van der Waals surface area contributed by atoms with Gasteiger partial charge in [0.1, 0.15) is 6.04 Å². The summed E-state index contributed by atoms with van der Waals surface area (Å²) < 4.78 is 0. The molecule has 5 N–H and O–H groups in total. The van der Waals surface area contributed by atoms with Crippen LogP contribution in [0.25, 0.3) is 0 Å². The molecule has 0 spiro atoms. The highest BCUT2D eigenvalue weighted by Crippen LogP contribution is 2.20. The second-order valence-electron chi connectivity index (χ2n) is 4.72. The SMILES string of the molecule is CCCNC(=O)C(C)NC(=NC1CCCC1)NN. The van der Waals surface area contributed by atoms with E-state index < -0.39 is 0 Å². The molecule has 0 aliphatic heterocycles. The van der Waals surface area contributed by atoms with E-state index in [-0.39, 0.29) is 11.9 Å². The van der Waals surface area contributed by atoms with Gasteiger partial charge in [0, 0.05) is 6.54 Å². The second kappa shape index (κ2) is 7.92. The summed E-state index contributed by atoms with van der Waals surface area (Å²) in [5.74, 6) is 5.89. The highest BCUT2D eigenvalue weighted by Gasteiger charge is 2.17. The van der Waals surface area contributed by atoms with Crippen molar-refractivity contribution in [3.63, 3.8) is 0 Å². The van der Waals surface area contributed by atoms with E-state index in [1.165, 1.54) is 12.8 Å². The predicted octanol–water partition coefficient (Wildman–Crippen LogP) is 0.253. The molecule has 0 saturated heterocycles. The van der Waals surface area contributed by atoms with Gasteiger partial charge in [0.2, 0.25) is 11.9 Å². The molecule has 6 nitrogen and oxygen atoms in total. The predicted molar refractivity (Wildman–Crippen MR) is 72.9 cm³/mol. The van der Waals surface area contributed by atoms with Gasteiger partial charge in [-0.05, 0) is 26.2 Å². The molecule has 0 bridgehead atoms. The third-order valence-electron chi connectivity index (χ3n) is 3.07. The maximum atomic E-state index is 11.7. The van der Waals surface area contributed by atoms with Gasteiger partial charge in [-0.2, -0.15) is 0 Å². The van der Waals surface area contributed by atoms with E-state index in [1.807, 2.05) is 6.92 Å². The average Bonchev–Trinajstić information content (AvgIpc) is 2.87. The topological polar surface area (TPSA) is 91.5 Å². The highest BCUT2D eigenvalue weighted by atomic mass is 16.2. The van der Waals surface area contributed by atoms with Crippen molar-refractivity contribution in [3.05, 3.63) is 0 Å². The number of hydrogen-bond donors (Lipinski definition) is 4. The molecule has 1 atom stereocenters. The van der Waals surface area contributed by atoms with Crippen molar-refractivity contribution in [1.82, 2.24) is 16.1 Å². The maximum absolute atomic E-state index is 11.7. The van der Waals surface area contributed by atoms with E-state index in [1.54, 1.807) is 6.92 Å². The van der Waals surface area contributed by atoms with E-state index in [0.717, 1.165) is 19.3 Å². The van der Waals surface area contributed by atoms with Crippen LogP contribution in [0.15, 0.2) is 4.99 Å². The molecule has 1 aliphatic carbocycles. The summed E-state index contributed by atoms with van der Waals surface area (Å²) >= 11 is 0. The number of carbonyl (C=O) groups is 1. The number of nitrogens with zero attached hydrogens (tertiary/aromatic N) is 1. The summed E-state index contributed by atoms with van der Waals surface area (Å²) in [5, 5.41) is 5.83. The molecule has 1 rings (SSSR count). The number of carbonyl (C=O) groups excluding carboxylic acids is 1. The minimum atomic E-state index is -0.340. The molecule has 0 aromatic heterocycles. The van der Waals surface area contributed by atoms with Gasteiger partial charge >= 0.3 is 0 Å². The average molecular weight is 255 g/mol. The van der Waals surface area contributed by atoms with Crippen molar-refractivity contribution in [2.75, 3.05) is 6.54 Å². The van der Waals surface area contributed by atoms with Crippen molar-refractivity contribution in [3.8, 4) is 0 Å². The molecule has 1 aliphatic rings. The first-order chi connectivity index (χ1) is 8.67. The Kier molecular flexibility index (Phi) is 6.49. The molecule has 0 aromatic rings. The fourth-order valence-corrected chi connectivity index (χ4v) is 2.00. The first-order valence-corrected chi connectivity index (χ1v) is 6.76. The smallest absolute Gasteiger partial charge is 0.242 e. The molecule has 1 amide bonds. The molecule has 0 heterocycles. The zero-order valence-corrected chi connectivity index (χ0v) is 11.3. The van der Waals surface area contributed by atoms with Crippen molar-refractivity contribution >= 4 is 11.9 Å². The lowest BCUT2D eigenvalue weighted by molar-refractivity contribution is -0.122. The van der Waals surface area contributed by atoms with Gasteiger partial charge in [0.25, 0.3) is 0 Å². The first kappa shape index (κ1) is 14.8. The second-order valence-corrected chi connectivity index (χ2v) is 4.72. The van der Waals surface area contributed by atoms with E-state index >= 15 is 0 Å². The Hall–Kier alpha value is -1.30. The first-order valence-electron chi connectivity index (χ1n) is 6.76. The van der Waals surface area contributed by atoms with Crippen LogP contribution in [0, 0.1) is 0 Å². The number of hydrogen-bond acceptors (Lipinski definition) is 3. The number of guanidine groups is 1. The molecule has 1 unspecified atom stereocenters. The van der Waals surface area contributed by atoms with Gasteiger partial charge in [0.15, 0.2) is 0 Å². The molecular formula is C12H25N5O. The normalized spacial score (nSPS) is 18.5. The molecule has 104 valence electrons. The molecule has 1 fully saturated rings. The Morgan fingerprint density at radius 1 is 1.44 bits per heavy atom. The number of nitrogens with one attached hydrogen (secondary N) is 3. The largest absolute Gasteiger partial charge is 0.354 e. The Morgan fingerprint density at radius 3 is 2.67 bits per heavy atom. The Bertz CT molecular complexity index is 286. The monoisotopic (exact) mass is 255 g/mol. The van der Waals surface area contributed by atoms with Gasteiger partial charge < -0.3 is 10.6 Å². The zero-order valence-electron chi connectivity index (χ0n) is 11.3. The molecular weight excluding hydrogens is 230 g/mol. The van der Waals surface area contributed by atoms with E-state index in [9.17, 15) is 4.79 Å². The summed E-state index contributed by atoms with van der Waals surface area (Å²) in [6.07, 6.45) is 5.57. The van der Waals surface area contributed by atoms with Crippen LogP contribution < -0.4 is 21.9 Å². The van der Waals surface area contributed by atoms with Crippen LogP contribution in [0.5, 0.6) is 0 Å². The Labute approximate surface area is 109 Å². The Morgan fingerprint density at radius 2 is 2.11 bits per heavy atom. The third-order valence-corrected chi connectivity index (χ3v) is 3.07. The lowest BCUT2D eigenvalue weighted by Crippen LogP contribution is -2.51. The summed E-state index contributed by atoms with van der Waals surface area (Å²) in [4.78, 5) is 16.2. The number of rotatable bonds is 5. The minimum Gasteiger partial charge on any atom is -0.354 e. The molecule has 6 heteroatoms. The lowest BCUT2D eigenvalue weighted by Gasteiger charge is -2.17. The zero-order chi connectivity index (χ0) is 13.4. The van der Waals surface area contributed by atoms with Gasteiger partial charge in [-0.3, -0.25) is 10.2 Å². The van der Waals surface area contributed by atoms with Crippen molar-refractivity contribution in [2.24, 2.45) is 10.8 Å². The van der Waals surface area contributed by atoms with Gasteiger partial charge in [-0.1, -0.05) is 19.8 Å². The summed E-state index contributed by atoms with van der Waals surface area (Å²) in [5.41, 5.74) is 2.53. The number of amides is 1. The summed E-state index contributed by atoms with van der Waals surface area (Å²) in [6.45, 7) is 4.51. The Balaban J connectivity index is 2.43. The molecule has 1 saturated carbocycles. The number of nitrogens with two attached hydrogens (primary N) is 1. The fraction of sp³-hybridized carbons (Fsp3) is 0.833. The van der Waals surface area contributed by atoms with Crippen LogP contribution in [0.2, 0.25) is 0 Å². The summed E-state index contributed by atoms with van der Waals surface area (Å²) in [7, 11) is 0. The van der Waals surface area contributed by atoms with Crippen LogP contribution in [0.3, 0.4) is 0 Å². The third kappa shape index (κ3) is 4.91. The van der Waals surface area contributed by atoms with Crippen molar-refractivity contribution in [2.45, 2.75) is 58.0 Å². The van der Waals surface area contributed by atoms with Crippen LogP contribution in [-0.4, -0.2) is 30.5 Å². The summed E-state index contributed by atoms with van der Waals surface area (Å²) in [6, 6.07) is -0.0118. The van der Waals surface area contributed by atoms with Gasteiger partial charge in [-0.15, -0.1) is 0 Å². The van der Waals surface area contributed by atoms with Crippen LogP contribution in [-0.2, 0) is 4.79 Å². The van der Waals surface area contributed by atoms with Gasteiger partial charge in [0.05, 0.1) is 6.04 Å². The fourth-order valence-electron chi connectivity index (χ4n) is 2.00. The molecule has 18 heavy (non-hydrogen) atoms. The number of aliphatic imine (C=N–C) groups is 1. The quantitative estimate of drug-likeness (QED) is 0.245. The van der Waals surface area contributed by atoms with Crippen molar-refractivity contribution < 1.29 is 4.79 Å². The molecule has 0 aromatic carbocycles. The van der Waals surface area contributed by atoms with E-state index in [2.05, 4.69) is 21.1 Å².